The summed E-state index contributed by atoms with van der Waals surface area (Å²) in [5, 5.41) is 1.10. The number of rotatable bonds is 2. The number of hydrogen-bond acceptors (Lipinski definition) is 3. The Balaban J connectivity index is 2.26. The fourth-order valence-electron chi connectivity index (χ4n) is 2.17. The predicted octanol–water partition coefficient (Wildman–Crippen LogP) is 4.03. The van der Waals surface area contributed by atoms with Crippen molar-refractivity contribution in [1.29, 1.82) is 0 Å². The highest BCUT2D eigenvalue weighted by atomic mass is 35.5. The number of aryl methyl sites for hydroxylation is 1. The minimum Gasteiger partial charge on any atom is -0.256 e. The van der Waals surface area contributed by atoms with E-state index < -0.39 is 9.84 Å². The molecule has 3 aromatic rings. The van der Waals surface area contributed by atoms with E-state index in [1.807, 2.05) is 6.92 Å². The quantitative estimate of drug-likeness (QED) is 0.717. The Morgan fingerprint density at radius 1 is 1.00 bits per heavy atom. The van der Waals surface area contributed by atoms with Gasteiger partial charge in [-0.2, -0.15) is 0 Å². The summed E-state index contributed by atoms with van der Waals surface area (Å²) in [7, 11) is -3.58. The molecule has 21 heavy (non-hydrogen) atoms. The Labute approximate surface area is 128 Å². The van der Waals surface area contributed by atoms with Gasteiger partial charge in [-0.15, -0.1) is 0 Å². The summed E-state index contributed by atoms with van der Waals surface area (Å²) >= 11 is 5.93. The van der Waals surface area contributed by atoms with Crippen molar-refractivity contribution >= 4 is 32.3 Å². The van der Waals surface area contributed by atoms with E-state index >= 15 is 0 Å². The Morgan fingerprint density at radius 3 is 2.43 bits per heavy atom. The van der Waals surface area contributed by atoms with E-state index in [4.69, 9.17) is 11.6 Å². The van der Waals surface area contributed by atoms with E-state index in [2.05, 4.69) is 4.98 Å². The molecular formula is C16H12ClNO2S. The molecule has 0 unspecified atom stereocenters. The molecule has 106 valence electrons. The average Bonchev–Trinajstić information content (AvgIpc) is 2.46. The minimum atomic E-state index is -3.58. The topological polar surface area (TPSA) is 47.0 Å². The van der Waals surface area contributed by atoms with E-state index in [-0.39, 0.29) is 9.79 Å². The molecule has 0 saturated carbocycles. The summed E-state index contributed by atoms with van der Waals surface area (Å²) in [5.74, 6) is 0. The van der Waals surface area contributed by atoms with Crippen LogP contribution in [0.15, 0.2) is 64.5 Å². The number of hydrogen-bond donors (Lipinski definition) is 0. The lowest BCUT2D eigenvalue weighted by molar-refractivity contribution is 0.597. The Kier molecular flexibility index (Phi) is 3.43. The normalized spacial score (nSPS) is 11.7. The molecule has 5 heteroatoms. The third-order valence-electron chi connectivity index (χ3n) is 3.29. The van der Waals surface area contributed by atoms with Gasteiger partial charge >= 0.3 is 0 Å². The van der Waals surface area contributed by atoms with Gasteiger partial charge in [-0.1, -0.05) is 35.4 Å². The lowest BCUT2D eigenvalue weighted by atomic mass is 10.2. The van der Waals surface area contributed by atoms with Gasteiger partial charge in [0.25, 0.3) is 0 Å². The molecule has 2 aromatic carbocycles. The lowest BCUT2D eigenvalue weighted by Crippen LogP contribution is -2.03. The summed E-state index contributed by atoms with van der Waals surface area (Å²) in [4.78, 5) is 4.69. The summed E-state index contributed by atoms with van der Waals surface area (Å²) in [5.41, 5.74) is 1.58. The van der Waals surface area contributed by atoms with Crippen molar-refractivity contribution in [2.75, 3.05) is 0 Å². The van der Waals surface area contributed by atoms with Crippen LogP contribution in [0.2, 0.25) is 5.02 Å². The SMILES string of the molecule is Cc1ccc(S(=O)(=O)c2ccnc3cc(Cl)ccc23)cc1. The maximum absolute atomic E-state index is 12.8. The van der Waals surface area contributed by atoms with Crippen molar-refractivity contribution in [2.24, 2.45) is 0 Å². The van der Waals surface area contributed by atoms with Gasteiger partial charge in [0.1, 0.15) is 0 Å². The third kappa shape index (κ3) is 2.52. The van der Waals surface area contributed by atoms with Crippen LogP contribution in [0.3, 0.4) is 0 Å². The van der Waals surface area contributed by atoms with E-state index in [1.165, 1.54) is 12.3 Å². The van der Waals surface area contributed by atoms with Gasteiger partial charge in [0, 0.05) is 16.6 Å². The predicted molar refractivity (Wildman–Crippen MR) is 83.4 cm³/mol. The summed E-state index contributed by atoms with van der Waals surface area (Å²) in [6.45, 7) is 1.92. The number of aromatic nitrogens is 1. The molecule has 0 fully saturated rings. The highest BCUT2D eigenvalue weighted by molar-refractivity contribution is 7.91. The Bertz CT molecular complexity index is 919. The molecule has 3 rings (SSSR count). The highest BCUT2D eigenvalue weighted by Gasteiger charge is 2.20. The number of pyridine rings is 1. The molecule has 0 saturated heterocycles. The van der Waals surface area contributed by atoms with Crippen LogP contribution in [0.5, 0.6) is 0 Å². The standard InChI is InChI=1S/C16H12ClNO2S/c1-11-2-5-13(6-3-11)21(19,20)16-8-9-18-15-10-12(17)4-7-14(15)16/h2-10H,1H3. The first kappa shape index (κ1) is 14.0. The van der Waals surface area contributed by atoms with Crippen molar-refractivity contribution in [3.05, 3.63) is 65.3 Å². The van der Waals surface area contributed by atoms with Crippen LogP contribution in [0.1, 0.15) is 5.56 Å². The molecule has 0 aliphatic heterocycles. The second-order valence-corrected chi connectivity index (χ2v) is 7.14. The van der Waals surface area contributed by atoms with E-state index in [1.54, 1.807) is 42.5 Å². The number of fused-ring (bicyclic) bond motifs is 1. The van der Waals surface area contributed by atoms with Crippen molar-refractivity contribution in [3.8, 4) is 0 Å². The molecule has 0 aliphatic carbocycles. The molecule has 0 spiro atoms. The second kappa shape index (κ2) is 5.13. The molecule has 0 atom stereocenters. The molecule has 0 aliphatic rings. The van der Waals surface area contributed by atoms with Gasteiger partial charge in [0.05, 0.1) is 15.3 Å². The minimum absolute atomic E-state index is 0.244. The summed E-state index contributed by atoms with van der Waals surface area (Å²) < 4.78 is 25.6. The monoisotopic (exact) mass is 317 g/mol. The van der Waals surface area contributed by atoms with Crippen molar-refractivity contribution in [2.45, 2.75) is 16.7 Å². The zero-order valence-corrected chi connectivity index (χ0v) is 12.8. The largest absolute Gasteiger partial charge is 0.256 e. The van der Waals surface area contributed by atoms with Crippen LogP contribution < -0.4 is 0 Å². The third-order valence-corrected chi connectivity index (χ3v) is 5.35. The number of benzene rings is 2. The summed E-state index contributed by atoms with van der Waals surface area (Å²) in [6.07, 6.45) is 1.49. The van der Waals surface area contributed by atoms with Crippen LogP contribution >= 0.6 is 11.6 Å². The summed E-state index contributed by atoms with van der Waals surface area (Å²) in [6, 6.07) is 13.3. The second-order valence-electron chi connectivity index (χ2n) is 4.79. The first-order valence-corrected chi connectivity index (χ1v) is 8.20. The Hall–Kier alpha value is -1.91. The van der Waals surface area contributed by atoms with Crippen molar-refractivity contribution in [1.82, 2.24) is 4.98 Å². The molecular weight excluding hydrogens is 306 g/mol. The number of nitrogens with zero attached hydrogens (tertiary/aromatic N) is 1. The van der Waals surface area contributed by atoms with Crippen LogP contribution in [0, 0.1) is 6.92 Å². The molecule has 3 nitrogen and oxygen atoms in total. The fourth-order valence-corrected chi connectivity index (χ4v) is 3.79. The first-order valence-electron chi connectivity index (χ1n) is 6.34. The van der Waals surface area contributed by atoms with Gasteiger partial charge in [-0.3, -0.25) is 4.98 Å². The maximum Gasteiger partial charge on any atom is 0.207 e. The van der Waals surface area contributed by atoms with Crippen LogP contribution in [-0.4, -0.2) is 13.4 Å². The fraction of sp³-hybridized carbons (Fsp3) is 0.0625. The Morgan fingerprint density at radius 2 is 1.71 bits per heavy atom. The van der Waals surface area contributed by atoms with Gasteiger partial charge < -0.3 is 0 Å². The van der Waals surface area contributed by atoms with Crippen molar-refractivity contribution < 1.29 is 8.42 Å². The number of halogens is 1. The highest BCUT2D eigenvalue weighted by Crippen LogP contribution is 2.28. The first-order chi connectivity index (χ1) is 9.98. The van der Waals surface area contributed by atoms with E-state index in [9.17, 15) is 8.42 Å². The van der Waals surface area contributed by atoms with Crippen LogP contribution in [-0.2, 0) is 9.84 Å². The van der Waals surface area contributed by atoms with Gasteiger partial charge in [-0.05, 0) is 37.3 Å². The maximum atomic E-state index is 12.8. The van der Waals surface area contributed by atoms with Crippen LogP contribution in [0.25, 0.3) is 10.9 Å². The molecule has 0 radical (unpaired) electrons. The zero-order chi connectivity index (χ0) is 15.0. The molecule has 0 amide bonds. The van der Waals surface area contributed by atoms with Gasteiger partial charge in [-0.25, -0.2) is 8.42 Å². The van der Waals surface area contributed by atoms with Gasteiger partial charge in [0.15, 0.2) is 0 Å². The van der Waals surface area contributed by atoms with Gasteiger partial charge in [0.2, 0.25) is 9.84 Å². The van der Waals surface area contributed by atoms with E-state index in [0.717, 1.165) is 5.56 Å². The zero-order valence-electron chi connectivity index (χ0n) is 11.2. The molecule has 1 aromatic heterocycles. The smallest absolute Gasteiger partial charge is 0.207 e. The molecule has 0 bridgehead atoms. The molecule has 0 N–H and O–H groups in total. The molecule has 1 heterocycles. The van der Waals surface area contributed by atoms with Crippen molar-refractivity contribution in [3.63, 3.8) is 0 Å². The van der Waals surface area contributed by atoms with E-state index in [0.29, 0.717) is 15.9 Å². The average molecular weight is 318 g/mol. The lowest BCUT2D eigenvalue weighted by Gasteiger charge is -2.08. The van der Waals surface area contributed by atoms with Crippen LogP contribution in [0.4, 0.5) is 0 Å². The number of sulfone groups is 1.